The van der Waals surface area contributed by atoms with Crippen LogP contribution in [0, 0.1) is 6.92 Å². The molecule has 0 spiro atoms. The maximum Gasteiger partial charge on any atom is 0.262 e. The Hall–Kier alpha value is -2.01. The third-order valence-electron chi connectivity index (χ3n) is 4.65. The monoisotopic (exact) mass is 389 g/mol. The Labute approximate surface area is 164 Å². The minimum atomic E-state index is -3.75. The molecule has 0 saturated carbocycles. The molecule has 0 bridgehead atoms. The highest BCUT2D eigenvalue weighted by atomic mass is 32.2. The summed E-state index contributed by atoms with van der Waals surface area (Å²) in [7, 11) is -2.21. The number of sulfonamides is 1. The third kappa shape index (κ3) is 4.83. The Morgan fingerprint density at radius 1 is 0.852 bits per heavy atom. The number of hydrogen-bond acceptors (Lipinski definition) is 3. The molecule has 0 aromatic heterocycles. The van der Waals surface area contributed by atoms with Crippen LogP contribution < -0.4 is 9.46 Å². The summed E-state index contributed by atoms with van der Waals surface area (Å²) in [6.45, 7) is 14.3. The van der Waals surface area contributed by atoms with Crippen LogP contribution in [-0.4, -0.2) is 15.5 Å². The summed E-state index contributed by atoms with van der Waals surface area (Å²) in [4.78, 5) is 0.290. The first-order valence-corrected chi connectivity index (χ1v) is 10.6. The Morgan fingerprint density at radius 2 is 1.37 bits per heavy atom. The summed E-state index contributed by atoms with van der Waals surface area (Å²) in [5, 5.41) is 0. The fraction of sp³-hybridized carbons (Fsp3) is 0.455. The van der Waals surface area contributed by atoms with E-state index in [0.717, 1.165) is 11.1 Å². The first-order valence-electron chi connectivity index (χ1n) is 9.08. The van der Waals surface area contributed by atoms with E-state index in [-0.39, 0.29) is 15.7 Å². The Kier molecular flexibility index (Phi) is 5.67. The maximum atomic E-state index is 13.2. The summed E-state index contributed by atoms with van der Waals surface area (Å²) < 4.78 is 34.4. The lowest BCUT2D eigenvalue weighted by molar-refractivity contribution is 0.416. The predicted octanol–water partition coefficient (Wildman–Crippen LogP) is 5.40. The summed E-state index contributed by atoms with van der Waals surface area (Å²) in [6.07, 6.45) is 0. The molecule has 148 valence electrons. The van der Waals surface area contributed by atoms with Gasteiger partial charge < -0.3 is 4.74 Å². The molecule has 0 saturated heterocycles. The van der Waals surface area contributed by atoms with Gasteiger partial charge in [-0.05, 0) is 52.6 Å². The zero-order chi connectivity index (χ0) is 20.6. The van der Waals surface area contributed by atoms with E-state index in [1.54, 1.807) is 12.1 Å². The molecule has 2 aromatic rings. The summed E-state index contributed by atoms with van der Waals surface area (Å²) in [6, 6.07) is 11.2. The third-order valence-corrected chi connectivity index (χ3v) is 6.16. The van der Waals surface area contributed by atoms with Gasteiger partial charge in [0.2, 0.25) is 0 Å². The average molecular weight is 390 g/mol. The van der Waals surface area contributed by atoms with Gasteiger partial charge in [0.05, 0.1) is 17.7 Å². The van der Waals surface area contributed by atoms with E-state index >= 15 is 0 Å². The Balaban J connectivity index is 2.54. The standard InChI is InChI=1S/C22H31NO3S/c1-15-9-10-17(22(5,6)7)14-20(15)27(24,25)23-18-13-16(21(2,3)4)11-12-19(18)26-8/h9-14,23H,1-8H3. The van der Waals surface area contributed by atoms with Gasteiger partial charge in [-0.15, -0.1) is 0 Å². The molecule has 0 heterocycles. The van der Waals surface area contributed by atoms with Crippen LogP contribution in [0.25, 0.3) is 0 Å². The van der Waals surface area contributed by atoms with Crippen LogP contribution in [0.4, 0.5) is 5.69 Å². The van der Waals surface area contributed by atoms with Gasteiger partial charge in [0, 0.05) is 0 Å². The van der Waals surface area contributed by atoms with Crippen LogP contribution in [0.5, 0.6) is 5.75 Å². The Bertz CT molecular complexity index is 933. The quantitative estimate of drug-likeness (QED) is 0.762. The fourth-order valence-electron chi connectivity index (χ4n) is 2.81. The van der Waals surface area contributed by atoms with Crippen LogP contribution in [-0.2, 0) is 20.9 Å². The van der Waals surface area contributed by atoms with Crippen molar-refractivity contribution in [2.75, 3.05) is 11.8 Å². The number of aryl methyl sites for hydroxylation is 1. The van der Waals surface area contributed by atoms with Crippen molar-refractivity contribution in [2.24, 2.45) is 0 Å². The minimum Gasteiger partial charge on any atom is -0.495 e. The van der Waals surface area contributed by atoms with Gasteiger partial charge in [-0.1, -0.05) is 59.7 Å². The number of nitrogens with one attached hydrogen (secondary N) is 1. The summed E-state index contributed by atoms with van der Waals surface area (Å²) >= 11 is 0. The number of anilines is 1. The van der Waals surface area contributed by atoms with Crippen LogP contribution in [0.15, 0.2) is 41.3 Å². The molecule has 1 N–H and O–H groups in total. The van der Waals surface area contributed by atoms with Crippen molar-refractivity contribution in [3.05, 3.63) is 53.1 Å². The normalized spacial score (nSPS) is 12.7. The zero-order valence-electron chi connectivity index (χ0n) is 17.6. The first-order chi connectivity index (χ1) is 12.3. The van der Waals surface area contributed by atoms with Crippen molar-refractivity contribution in [1.29, 1.82) is 0 Å². The van der Waals surface area contributed by atoms with Gasteiger partial charge in [-0.25, -0.2) is 8.42 Å². The van der Waals surface area contributed by atoms with E-state index in [1.807, 2.05) is 31.2 Å². The van der Waals surface area contributed by atoms with Gasteiger partial charge in [-0.3, -0.25) is 4.72 Å². The van der Waals surface area contributed by atoms with Crippen LogP contribution in [0.3, 0.4) is 0 Å². The molecule has 0 unspecified atom stereocenters. The number of benzene rings is 2. The van der Waals surface area contributed by atoms with Crippen LogP contribution in [0.2, 0.25) is 0 Å². The molecule has 0 aliphatic carbocycles. The van der Waals surface area contributed by atoms with Gasteiger partial charge in [-0.2, -0.15) is 0 Å². The maximum absolute atomic E-state index is 13.2. The smallest absolute Gasteiger partial charge is 0.262 e. The minimum absolute atomic E-state index is 0.103. The second-order valence-corrected chi connectivity index (χ2v) is 10.7. The largest absolute Gasteiger partial charge is 0.495 e. The zero-order valence-corrected chi connectivity index (χ0v) is 18.4. The van der Waals surface area contributed by atoms with Gasteiger partial charge >= 0.3 is 0 Å². The van der Waals surface area contributed by atoms with Gasteiger partial charge in [0.1, 0.15) is 5.75 Å². The first kappa shape index (κ1) is 21.3. The highest BCUT2D eigenvalue weighted by Gasteiger charge is 2.24. The SMILES string of the molecule is COc1ccc(C(C)(C)C)cc1NS(=O)(=O)c1cc(C(C)(C)C)ccc1C. The lowest BCUT2D eigenvalue weighted by Gasteiger charge is -2.23. The fourth-order valence-corrected chi connectivity index (χ4v) is 4.14. The molecule has 0 atom stereocenters. The number of hydrogen-bond donors (Lipinski definition) is 1. The lowest BCUT2D eigenvalue weighted by atomic mass is 9.87. The molecule has 5 heteroatoms. The van der Waals surface area contributed by atoms with E-state index in [4.69, 9.17) is 4.74 Å². The highest BCUT2D eigenvalue weighted by molar-refractivity contribution is 7.92. The van der Waals surface area contributed by atoms with Crippen molar-refractivity contribution >= 4 is 15.7 Å². The predicted molar refractivity (Wildman–Crippen MR) is 112 cm³/mol. The second kappa shape index (κ2) is 7.19. The van der Waals surface area contributed by atoms with Crippen LogP contribution >= 0.6 is 0 Å². The summed E-state index contributed by atoms with van der Waals surface area (Å²) in [5.74, 6) is 0.496. The second-order valence-electron chi connectivity index (χ2n) is 9.00. The number of methoxy groups -OCH3 is 1. The number of ether oxygens (including phenoxy) is 1. The Morgan fingerprint density at radius 3 is 1.89 bits per heavy atom. The van der Waals surface area contributed by atoms with Crippen LogP contribution in [0.1, 0.15) is 58.2 Å². The van der Waals surface area contributed by atoms with E-state index in [9.17, 15) is 8.42 Å². The van der Waals surface area contributed by atoms with E-state index in [1.165, 1.54) is 7.11 Å². The van der Waals surface area contributed by atoms with Crippen molar-refractivity contribution in [3.8, 4) is 5.75 Å². The van der Waals surface area contributed by atoms with Crippen molar-refractivity contribution in [1.82, 2.24) is 0 Å². The van der Waals surface area contributed by atoms with E-state index in [0.29, 0.717) is 17.0 Å². The van der Waals surface area contributed by atoms with Gasteiger partial charge in [0.25, 0.3) is 10.0 Å². The molecule has 2 aromatic carbocycles. The highest BCUT2D eigenvalue weighted by Crippen LogP contribution is 2.34. The number of rotatable bonds is 4. The molecule has 0 aliphatic rings. The molecule has 0 amide bonds. The molecule has 2 rings (SSSR count). The van der Waals surface area contributed by atoms with Gasteiger partial charge in [0.15, 0.2) is 0 Å². The van der Waals surface area contributed by atoms with E-state index in [2.05, 4.69) is 46.3 Å². The molecular formula is C22H31NO3S. The van der Waals surface area contributed by atoms with Crippen molar-refractivity contribution < 1.29 is 13.2 Å². The molecular weight excluding hydrogens is 358 g/mol. The molecule has 0 radical (unpaired) electrons. The van der Waals surface area contributed by atoms with E-state index < -0.39 is 10.0 Å². The lowest BCUT2D eigenvalue weighted by Crippen LogP contribution is -2.18. The topological polar surface area (TPSA) is 55.4 Å². The molecule has 27 heavy (non-hydrogen) atoms. The van der Waals surface area contributed by atoms with Crippen molar-refractivity contribution in [3.63, 3.8) is 0 Å². The molecule has 4 nitrogen and oxygen atoms in total. The molecule has 0 aliphatic heterocycles. The molecule has 0 fully saturated rings. The van der Waals surface area contributed by atoms with Crippen molar-refractivity contribution in [2.45, 2.75) is 64.2 Å². The average Bonchev–Trinajstić information content (AvgIpc) is 2.52. The summed E-state index contributed by atoms with van der Waals surface area (Å²) in [5.41, 5.74) is 2.92.